The van der Waals surface area contributed by atoms with E-state index in [-0.39, 0.29) is 24.3 Å². The van der Waals surface area contributed by atoms with Gasteiger partial charge >= 0.3 is 5.97 Å². The van der Waals surface area contributed by atoms with Crippen LogP contribution in [0.5, 0.6) is 11.5 Å². The predicted octanol–water partition coefficient (Wildman–Crippen LogP) is 3.02. The molecule has 6 heteroatoms. The maximum atomic E-state index is 12.2. The average Bonchev–Trinajstić information content (AvgIpc) is 2.66. The first-order valence-corrected chi connectivity index (χ1v) is 9.24. The summed E-state index contributed by atoms with van der Waals surface area (Å²) in [6.45, 7) is 1.62. The smallest absolute Gasteiger partial charge is 0.306 e. The van der Waals surface area contributed by atoms with Gasteiger partial charge in [-0.3, -0.25) is 9.59 Å². The molecule has 0 saturated heterocycles. The number of rotatable bonds is 8. The zero-order valence-corrected chi connectivity index (χ0v) is 15.9. The molecular weight excluding hydrogens is 334 g/mol. The van der Waals surface area contributed by atoms with Crippen LogP contribution in [0.25, 0.3) is 0 Å². The predicted molar refractivity (Wildman–Crippen MR) is 98.4 cm³/mol. The molecule has 26 heavy (non-hydrogen) atoms. The highest BCUT2D eigenvalue weighted by Gasteiger charge is 2.22. The summed E-state index contributed by atoms with van der Waals surface area (Å²) in [6.07, 6.45) is 5.47. The van der Waals surface area contributed by atoms with E-state index < -0.39 is 6.10 Å². The van der Waals surface area contributed by atoms with Crippen molar-refractivity contribution in [2.75, 3.05) is 14.2 Å². The fourth-order valence-corrected chi connectivity index (χ4v) is 3.16. The number of hydrogen-bond acceptors (Lipinski definition) is 5. The van der Waals surface area contributed by atoms with E-state index in [0.717, 1.165) is 31.2 Å². The number of esters is 1. The quantitative estimate of drug-likeness (QED) is 0.719. The second-order valence-corrected chi connectivity index (χ2v) is 6.66. The Labute approximate surface area is 155 Å². The second-order valence-electron chi connectivity index (χ2n) is 6.66. The van der Waals surface area contributed by atoms with Crippen molar-refractivity contribution in [3.63, 3.8) is 0 Å². The molecule has 2 rings (SSSR count). The minimum atomic E-state index is -0.769. The Kier molecular flexibility index (Phi) is 7.75. The lowest BCUT2D eigenvalue weighted by Crippen LogP contribution is -2.42. The van der Waals surface area contributed by atoms with Crippen LogP contribution in [0.4, 0.5) is 0 Å². The van der Waals surface area contributed by atoms with Gasteiger partial charge in [0.2, 0.25) is 0 Å². The molecule has 1 fully saturated rings. The number of carbonyl (C=O) groups is 2. The largest absolute Gasteiger partial charge is 0.493 e. The van der Waals surface area contributed by atoms with Crippen molar-refractivity contribution in [1.29, 1.82) is 0 Å². The molecule has 1 N–H and O–H groups in total. The number of hydrogen-bond donors (Lipinski definition) is 1. The first kappa shape index (κ1) is 20.1. The fourth-order valence-electron chi connectivity index (χ4n) is 3.16. The Morgan fingerprint density at radius 1 is 1.12 bits per heavy atom. The third kappa shape index (κ3) is 5.93. The molecular formula is C20H29NO5. The third-order valence-electron chi connectivity index (χ3n) is 4.69. The highest BCUT2D eigenvalue weighted by atomic mass is 16.5. The van der Waals surface area contributed by atoms with Crippen molar-refractivity contribution in [3.05, 3.63) is 23.8 Å². The Hall–Kier alpha value is -2.24. The van der Waals surface area contributed by atoms with Crippen LogP contribution in [0.15, 0.2) is 18.2 Å². The number of benzene rings is 1. The van der Waals surface area contributed by atoms with Crippen LogP contribution in [0.1, 0.15) is 51.0 Å². The van der Waals surface area contributed by atoms with E-state index in [9.17, 15) is 9.59 Å². The topological polar surface area (TPSA) is 73.9 Å². The van der Waals surface area contributed by atoms with Crippen LogP contribution >= 0.6 is 0 Å². The summed E-state index contributed by atoms with van der Waals surface area (Å²) >= 11 is 0. The molecule has 0 aliphatic heterocycles. The maximum absolute atomic E-state index is 12.2. The lowest BCUT2D eigenvalue weighted by atomic mass is 9.95. The standard InChI is InChI=1S/C20H29NO5/c1-14(20(23)21-16-7-5-4-6-8-16)26-19(22)12-10-15-9-11-17(24-2)18(13-15)25-3/h9,11,13-14,16H,4-8,10,12H2,1-3H3,(H,21,23). The molecule has 144 valence electrons. The lowest BCUT2D eigenvalue weighted by molar-refractivity contribution is -0.155. The number of amides is 1. The SMILES string of the molecule is COc1ccc(CCC(=O)OC(C)C(=O)NC2CCCCC2)cc1OC. The monoisotopic (exact) mass is 363 g/mol. The van der Waals surface area contributed by atoms with Crippen LogP contribution < -0.4 is 14.8 Å². The van der Waals surface area contributed by atoms with Crippen LogP contribution in [-0.2, 0) is 20.7 Å². The Morgan fingerprint density at radius 3 is 2.46 bits per heavy atom. The zero-order valence-electron chi connectivity index (χ0n) is 15.9. The summed E-state index contributed by atoms with van der Waals surface area (Å²) in [6, 6.07) is 5.74. The second kappa shape index (κ2) is 10.0. The lowest BCUT2D eigenvalue weighted by Gasteiger charge is -2.24. The van der Waals surface area contributed by atoms with Crippen LogP contribution in [-0.4, -0.2) is 38.2 Å². The summed E-state index contributed by atoms with van der Waals surface area (Å²) in [4.78, 5) is 24.2. The van der Waals surface area contributed by atoms with Gasteiger partial charge in [-0.2, -0.15) is 0 Å². The Balaban J connectivity index is 1.77. The van der Waals surface area contributed by atoms with Gasteiger partial charge in [0, 0.05) is 12.5 Å². The van der Waals surface area contributed by atoms with Crippen LogP contribution in [0, 0.1) is 0 Å². The molecule has 1 aromatic rings. The van der Waals surface area contributed by atoms with Crippen molar-refractivity contribution in [2.45, 2.75) is 64.0 Å². The summed E-state index contributed by atoms with van der Waals surface area (Å²) in [7, 11) is 3.15. The minimum absolute atomic E-state index is 0.205. The van der Waals surface area contributed by atoms with Gasteiger partial charge in [-0.05, 0) is 43.9 Å². The normalized spacial score (nSPS) is 15.8. The van der Waals surface area contributed by atoms with Gasteiger partial charge in [-0.1, -0.05) is 25.3 Å². The van der Waals surface area contributed by atoms with E-state index in [1.54, 1.807) is 27.2 Å². The summed E-state index contributed by atoms with van der Waals surface area (Å²) in [5.74, 6) is 0.674. The third-order valence-corrected chi connectivity index (χ3v) is 4.69. The van der Waals surface area contributed by atoms with E-state index in [4.69, 9.17) is 14.2 Å². The molecule has 1 amide bonds. The van der Waals surface area contributed by atoms with Crippen molar-refractivity contribution in [1.82, 2.24) is 5.32 Å². The number of carbonyl (C=O) groups excluding carboxylic acids is 2. The molecule has 0 heterocycles. The van der Waals surface area contributed by atoms with Gasteiger partial charge in [-0.25, -0.2) is 0 Å². The minimum Gasteiger partial charge on any atom is -0.493 e. The molecule has 1 unspecified atom stereocenters. The van der Waals surface area contributed by atoms with Crippen LogP contribution in [0.3, 0.4) is 0 Å². The Bertz CT molecular complexity index is 610. The van der Waals surface area contributed by atoms with E-state index in [2.05, 4.69) is 5.32 Å². The van der Waals surface area contributed by atoms with Gasteiger partial charge in [0.05, 0.1) is 14.2 Å². The van der Waals surface area contributed by atoms with Crippen molar-refractivity contribution in [3.8, 4) is 11.5 Å². The van der Waals surface area contributed by atoms with Crippen molar-refractivity contribution >= 4 is 11.9 Å². The van der Waals surface area contributed by atoms with Gasteiger partial charge in [0.1, 0.15) is 0 Å². The van der Waals surface area contributed by atoms with Gasteiger partial charge in [0.15, 0.2) is 17.6 Å². The molecule has 1 aromatic carbocycles. The molecule has 0 spiro atoms. The maximum Gasteiger partial charge on any atom is 0.306 e. The highest BCUT2D eigenvalue weighted by Crippen LogP contribution is 2.28. The zero-order chi connectivity index (χ0) is 18.9. The average molecular weight is 363 g/mol. The summed E-state index contributed by atoms with van der Waals surface area (Å²) < 4.78 is 15.7. The molecule has 0 radical (unpaired) electrons. The summed E-state index contributed by atoms with van der Waals surface area (Å²) in [5, 5.41) is 2.98. The molecule has 6 nitrogen and oxygen atoms in total. The first-order chi connectivity index (χ1) is 12.5. The fraction of sp³-hybridized carbons (Fsp3) is 0.600. The van der Waals surface area contributed by atoms with E-state index >= 15 is 0 Å². The summed E-state index contributed by atoms with van der Waals surface area (Å²) in [5.41, 5.74) is 0.943. The van der Waals surface area contributed by atoms with E-state index in [1.165, 1.54) is 6.42 Å². The number of aryl methyl sites for hydroxylation is 1. The van der Waals surface area contributed by atoms with Gasteiger partial charge < -0.3 is 19.5 Å². The van der Waals surface area contributed by atoms with Gasteiger partial charge in [-0.15, -0.1) is 0 Å². The molecule has 0 aromatic heterocycles. The Morgan fingerprint density at radius 2 is 1.81 bits per heavy atom. The van der Waals surface area contributed by atoms with Crippen LogP contribution in [0.2, 0.25) is 0 Å². The number of ether oxygens (including phenoxy) is 3. The molecule has 1 atom stereocenters. The first-order valence-electron chi connectivity index (χ1n) is 9.24. The molecule has 1 aliphatic carbocycles. The van der Waals surface area contributed by atoms with Crippen molar-refractivity contribution in [2.24, 2.45) is 0 Å². The molecule has 0 bridgehead atoms. The molecule has 1 aliphatic rings. The number of nitrogens with one attached hydrogen (secondary N) is 1. The van der Waals surface area contributed by atoms with E-state index in [1.807, 2.05) is 12.1 Å². The molecule has 1 saturated carbocycles. The van der Waals surface area contributed by atoms with Gasteiger partial charge in [0.25, 0.3) is 5.91 Å². The van der Waals surface area contributed by atoms with Crippen molar-refractivity contribution < 1.29 is 23.8 Å². The van der Waals surface area contributed by atoms with E-state index in [0.29, 0.717) is 17.9 Å². The highest BCUT2D eigenvalue weighted by molar-refractivity contribution is 5.83. The number of methoxy groups -OCH3 is 2.